The van der Waals surface area contributed by atoms with E-state index in [2.05, 4.69) is 13.8 Å². The highest BCUT2D eigenvalue weighted by Gasteiger charge is 2.04. The molecule has 0 spiro atoms. The maximum absolute atomic E-state index is 13.0. The molecule has 0 aliphatic heterocycles. The Morgan fingerprint density at radius 3 is 2.71 bits per heavy atom. The second-order valence-corrected chi connectivity index (χ2v) is 4.80. The fourth-order valence-electron chi connectivity index (χ4n) is 1.10. The molecular formula is C11H15FOS. The van der Waals surface area contributed by atoms with Crippen molar-refractivity contribution in [1.82, 2.24) is 0 Å². The third-order valence-corrected chi connectivity index (χ3v) is 3.27. The van der Waals surface area contributed by atoms with Gasteiger partial charge in [-0.15, -0.1) is 11.8 Å². The van der Waals surface area contributed by atoms with Gasteiger partial charge in [-0.3, -0.25) is 0 Å². The van der Waals surface area contributed by atoms with Gasteiger partial charge in [0.05, 0.1) is 6.61 Å². The summed E-state index contributed by atoms with van der Waals surface area (Å²) in [5.74, 6) is -0.276. The van der Waals surface area contributed by atoms with Crippen LogP contribution in [0.1, 0.15) is 25.8 Å². The highest BCUT2D eigenvalue weighted by atomic mass is 32.2. The molecule has 1 aromatic rings. The Kier molecular flexibility index (Phi) is 4.42. The number of benzene rings is 1. The Bertz CT molecular complexity index is 301. The van der Waals surface area contributed by atoms with Crippen molar-refractivity contribution in [3.63, 3.8) is 0 Å². The normalized spacial score (nSPS) is 12.9. The summed E-state index contributed by atoms with van der Waals surface area (Å²) in [7, 11) is 0. The minimum absolute atomic E-state index is 0.105. The van der Waals surface area contributed by atoms with Crippen molar-refractivity contribution >= 4 is 11.8 Å². The summed E-state index contributed by atoms with van der Waals surface area (Å²) in [5.41, 5.74) is 0.635. The quantitative estimate of drug-likeness (QED) is 0.777. The zero-order chi connectivity index (χ0) is 10.6. The monoisotopic (exact) mass is 214 g/mol. The van der Waals surface area contributed by atoms with Gasteiger partial charge in [-0.2, -0.15) is 0 Å². The summed E-state index contributed by atoms with van der Waals surface area (Å²) in [6.07, 6.45) is 1.05. The van der Waals surface area contributed by atoms with Gasteiger partial charge in [-0.1, -0.05) is 13.8 Å². The van der Waals surface area contributed by atoms with E-state index < -0.39 is 0 Å². The molecule has 78 valence electrons. The second-order valence-electron chi connectivity index (χ2n) is 3.29. The standard InChI is InChI=1S/C11H15FOS/c1-3-8(2)14-11-5-9(7-13)4-10(12)6-11/h4-6,8,13H,3,7H2,1-2H3. The highest BCUT2D eigenvalue weighted by Crippen LogP contribution is 2.26. The summed E-state index contributed by atoms with van der Waals surface area (Å²) in [6, 6.07) is 4.70. The molecule has 1 unspecified atom stereocenters. The smallest absolute Gasteiger partial charge is 0.124 e. The number of aliphatic hydroxyl groups is 1. The van der Waals surface area contributed by atoms with E-state index in [-0.39, 0.29) is 12.4 Å². The topological polar surface area (TPSA) is 20.2 Å². The summed E-state index contributed by atoms with van der Waals surface area (Å²) < 4.78 is 13.0. The first-order chi connectivity index (χ1) is 6.65. The number of thioether (sulfide) groups is 1. The molecular weight excluding hydrogens is 199 g/mol. The van der Waals surface area contributed by atoms with Crippen LogP contribution in [0.15, 0.2) is 23.1 Å². The molecule has 1 atom stereocenters. The zero-order valence-electron chi connectivity index (χ0n) is 8.46. The van der Waals surface area contributed by atoms with Gasteiger partial charge in [0, 0.05) is 10.1 Å². The Labute approximate surface area is 88.3 Å². The Morgan fingerprint density at radius 1 is 1.43 bits per heavy atom. The Hall–Kier alpha value is -0.540. The predicted octanol–water partition coefficient (Wildman–Crippen LogP) is 3.21. The van der Waals surface area contributed by atoms with Crippen LogP contribution in [-0.4, -0.2) is 10.4 Å². The number of rotatable bonds is 4. The molecule has 0 saturated carbocycles. The summed E-state index contributed by atoms with van der Waals surface area (Å²) in [5, 5.41) is 9.38. The third kappa shape index (κ3) is 3.31. The lowest BCUT2D eigenvalue weighted by atomic mass is 10.2. The fraction of sp³-hybridized carbons (Fsp3) is 0.455. The van der Waals surface area contributed by atoms with Crippen molar-refractivity contribution in [2.75, 3.05) is 0 Å². The minimum atomic E-state index is -0.276. The van der Waals surface area contributed by atoms with Gasteiger partial charge >= 0.3 is 0 Å². The van der Waals surface area contributed by atoms with Crippen LogP contribution in [0.4, 0.5) is 4.39 Å². The van der Waals surface area contributed by atoms with Crippen LogP contribution >= 0.6 is 11.8 Å². The maximum Gasteiger partial charge on any atom is 0.124 e. The lowest BCUT2D eigenvalue weighted by Gasteiger charge is -2.09. The van der Waals surface area contributed by atoms with E-state index in [4.69, 9.17) is 5.11 Å². The molecule has 3 heteroatoms. The average molecular weight is 214 g/mol. The maximum atomic E-state index is 13.0. The van der Waals surface area contributed by atoms with Gasteiger partial charge in [0.1, 0.15) is 5.82 Å². The first-order valence-corrected chi connectivity index (χ1v) is 5.60. The number of aliphatic hydroxyl groups excluding tert-OH is 1. The van der Waals surface area contributed by atoms with Gasteiger partial charge in [0.2, 0.25) is 0 Å². The predicted molar refractivity (Wildman–Crippen MR) is 57.9 cm³/mol. The lowest BCUT2D eigenvalue weighted by Crippen LogP contribution is -1.93. The molecule has 1 N–H and O–H groups in total. The lowest BCUT2D eigenvalue weighted by molar-refractivity contribution is 0.281. The van der Waals surface area contributed by atoms with Gasteiger partial charge in [-0.05, 0) is 30.2 Å². The first-order valence-electron chi connectivity index (χ1n) is 4.72. The van der Waals surface area contributed by atoms with E-state index in [9.17, 15) is 4.39 Å². The number of halogens is 1. The molecule has 1 aromatic carbocycles. The molecule has 1 rings (SSSR count). The van der Waals surface area contributed by atoms with Crippen LogP contribution < -0.4 is 0 Å². The van der Waals surface area contributed by atoms with Gasteiger partial charge in [-0.25, -0.2) is 4.39 Å². The molecule has 0 fully saturated rings. The van der Waals surface area contributed by atoms with E-state index in [1.54, 1.807) is 11.8 Å². The van der Waals surface area contributed by atoms with Crippen molar-refractivity contribution in [1.29, 1.82) is 0 Å². The average Bonchev–Trinajstić information content (AvgIpc) is 2.16. The van der Waals surface area contributed by atoms with Crippen LogP contribution in [-0.2, 0) is 6.61 Å². The van der Waals surface area contributed by atoms with Crippen LogP contribution in [0.2, 0.25) is 0 Å². The molecule has 0 aliphatic rings. The van der Waals surface area contributed by atoms with Crippen LogP contribution in [0.3, 0.4) is 0 Å². The number of hydrogen-bond donors (Lipinski definition) is 1. The van der Waals surface area contributed by atoms with Crippen molar-refractivity contribution < 1.29 is 9.50 Å². The molecule has 0 saturated heterocycles. The minimum Gasteiger partial charge on any atom is -0.392 e. The molecule has 0 radical (unpaired) electrons. The highest BCUT2D eigenvalue weighted by molar-refractivity contribution is 7.99. The first kappa shape index (κ1) is 11.5. The van der Waals surface area contributed by atoms with Crippen LogP contribution in [0, 0.1) is 5.82 Å². The van der Waals surface area contributed by atoms with Gasteiger partial charge in [0.25, 0.3) is 0 Å². The molecule has 1 nitrogen and oxygen atoms in total. The van der Waals surface area contributed by atoms with Gasteiger partial charge < -0.3 is 5.11 Å². The molecule has 0 aliphatic carbocycles. The molecule has 0 bridgehead atoms. The van der Waals surface area contributed by atoms with E-state index in [1.807, 2.05) is 6.07 Å². The summed E-state index contributed by atoms with van der Waals surface area (Å²) >= 11 is 1.64. The van der Waals surface area contributed by atoms with Crippen molar-refractivity contribution in [2.24, 2.45) is 0 Å². The van der Waals surface area contributed by atoms with Crippen molar-refractivity contribution in [3.05, 3.63) is 29.6 Å². The molecule has 14 heavy (non-hydrogen) atoms. The third-order valence-electron chi connectivity index (χ3n) is 2.03. The van der Waals surface area contributed by atoms with Gasteiger partial charge in [0.15, 0.2) is 0 Å². The molecule has 0 aromatic heterocycles. The number of hydrogen-bond acceptors (Lipinski definition) is 2. The van der Waals surface area contributed by atoms with E-state index in [0.717, 1.165) is 11.3 Å². The van der Waals surface area contributed by atoms with Crippen molar-refractivity contribution in [3.8, 4) is 0 Å². The molecule has 0 amide bonds. The largest absolute Gasteiger partial charge is 0.392 e. The summed E-state index contributed by atoms with van der Waals surface area (Å²) in [4.78, 5) is 0.892. The second kappa shape index (κ2) is 5.37. The zero-order valence-corrected chi connectivity index (χ0v) is 9.27. The van der Waals surface area contributed by atoms with E-state index >= 15 is 0 Å². The Morgan fingerprint density at radius 2 is 2.14 bits per heavy atom. The van der Waals surface area contributed by atoms with Crippen molar-refractivity contribution in [2.45, 2.75) is 37.0 Å². The SMILES string of the molecule is CCC(C)Sc1cc(F)cc(CO)c1. The van der Waals surface area contributed by atoms with E-state index in [1.165, 1.54) is 12.1 Å². The van der Waals surface area contributed by atoms with E-state index in [0.29, 0.717) is 10.8 Å². The Balaban J connectivity index is 2.81. The van der Waals surface area contributed by atoms with Crippen LogP contribution in [0.5, 0.6) is 0 Å². The summed E-state index contributed by atoms with van der Waals surface area (Å²) in [6.45, 7) is 4.10. The van der Waals surface area contributed by atoms with Crippen LogP contribution in [0.25, 0.3) is 0 Å². The fourth-order valence-corrected chi connectivity index (χ4v) is 2.13. The molecule has 0 heterocycles.